The van der Waals surface area contributed by atoms with Crippen molar-refractivity contribution in [1.82, 2.24) is 14.6 Å². The Kier molecular flexibility index (Phi) is 3.38. The average Bonchev–Trinajstić information content (AvgIpc) is 2.71. The minimum absolute atomic E-state index is 0.775. The van der Waals surface area contributed by atoms with Crippen molar-refractivity contribution in [2.45, 2.75) is 19.3 Å². The first-order chi connectivity index (χ1) is 8.31. The highest BCUT2D eigenvalue weighted by Gasteiger charge is 2.16. The monoisotopic (exact) mass is 311 g/mol. The molecule has 1 fully saturated rings. The number of nitrogens with zero attached hydrogens (tertiary/aromatic N) is 3. The fraction of sp³-hybridized carbons (Fsp3) is 0.500. The summed E-state index contributed by atoms with van der Waals surface area (Å²) in [6, 6.07) is 4.00. The molecule has 2 aromatic rings. The van der Waals surface area contributed by atoms with Gasteiger partial charge in [-0.25, -0.2) is 9.50 Å². The molecule has 1 aliphatic rings. The van der Waals surface area contributed by atoms with Gasteiger partial charge in [0.1, 0.15) is 0 Å². The van der Waals surface area contributed by atoms with Crippen LogP contribution in [0.15, 0.2) is 22.8 Å². The van der Waals surface area contributed by atoms with Crippen molar-refractivity contribution in [3.05, 3.63) is 28.6 Å². The Balaban J connectivity index is 1.80. The lowest BCUT2D eigenvalue weighted by molar-refractivity contribution is 0.476. The normalized spacial score (nSPS) is 17.7. The van der Waals surface area contributed by atoms with Gasteiger partial charge in [-0.05, 0) is 58.3 Å². The summed E-state index contributed by atoms with van der Waals surface area (Å²) in [6.07, 6.45) is 5.61. The van der Waals surface area contributed by atoms with Gasteiger partial charge in [-0.1, -0.05) is 0 Å². The van der Waals surface area contributed by atoms with Gasteiger partial charge in [-0.2, -0.15) is 16.9 Å². The number of fused-ring (bicyclic) bond motifs is 1. The van der Waals surface area contributed by atoms with E-state index in [2.05, 4.69) is 37.8 Å². The summed E-state index contributed by atoms with van der Waals surface area (Å²) in [4.78, 5) is 4.57. The van der Waals surface area contributed by atoms with E-state index in [0.717, 1.165) is 28.3 Å². The molecule has 0 N–H and O–H groups in total. The first-order valence-corrected chi connectivity index (χ1v) is 7.84. The van der Waals surface area contributed by atoms with Crippen LogP contribution in [-0.4, -0.2) is 26.1 Å². The Bertz CT molecular complexity index is 519. The average molecular weight is 312 g/mol. The predicted molar refractivity (Wildman–Crippen MR) is 74.4 cm³/mol. The van der Waals surface area contributed by atoms with E-state index in [1.807, 2.05) is 22.8 Å². The molecule has 3 rings (SSSR count). The molecule has 1 aliphatic heterocycles. The number of halogens is 1. The maximum atomic E-state index is 4.57. The van der Waals surface area contributed by atoms with Crippen LogP contribution in [0.3, 0.4) is 0 Å². The Morgan fingerprint density at radius 3 is 3.00 bits per heavy atom. The number of pyridine rings is 1. The predicted octanol–water partition coefficient (Wildman–Crippen LogP) is 3.18. The molecule has 1 saturated heterocycles. The molecule has 0 saturated carbocycles. The van der Waals surface area contributed by atoms with Gasteiger partial charge in [0.25, 0.3) is 0 Å². The summed E-state index contributed by atoms with van der Waals surface area (Å²) in [7, 11) is 0. The zero-order chi connectivity index (χ0) is 11.7. The molecular formula is C12H14BrN3S. The smallest absolute Gasteiger partial charge is 0.155 e. The van der Waals surface area contributed by atoms with Crippen LogP contribution in [0.4, 0.5) is 0 Å². The fourth-order valence-electron chi connectivity index (χ4n) is 2.20. The van der Waals surface area contributed by atoms with Crippen LogP contribution in [-0.2, 0) is 6.42 Å². The van der Waals surface area contributed by atoms with Crippen LogP contribution >= 0.6 is 27.7 Å². The number of rotatable bonds is 2. The highest BCUT2D eigenvalue weighted by molar-refractivity contribution is 9.10. The molecule has 0 bridgehead atoms. The summed E-state index contributed by atoms with van der Waals surface area (Å²) in [5, 5.41) is 4.54. The topological polar surface area (TPSA) is 30.2 Å². The molecule has 0 spiro atoms. The standard InChI is InChI=1S/C12H14BrN3S/c13-10-1-2-12-14-11(15-16(12)8-10)7-9-3-5-17-6-4-9/h1-2,8-9H,3-7H2. The molecule has 0 unspecified atom stereocenters. The van der Waals surface area contributed by atoms with E-state index in [0.29, 0.717) is 0 Å². The Labute approximate surface area is 113 Å². The van der Waals surface area contributed by atoms with Gasteiger partial charge in [-0.3, -0.25) is 0 Å². The van der Waals surface area contributed by atoms with Crippen LogP contribution in [0.2, 0.25) is 0 Å². The summed E-state index contributed by atoms with van der Waals surface area (Å²) < 4.78 is 2.90. The molecule has 0 radical (unpaired) electrons. The molecule has 0 aromatic carbocycles. The second-order valence-electron chi connectivity index (χ2n) is 4.44. The lowest BCUT2D eigenvalue weighted by Gasteiger charge is -2.19. The molecule has 5 heteroatoms. The van der Waals surface area contributed by atoms with Crippen molar-refractivity contribution in [3.63, 3.8) is 0 Å². The van der Waals surface area contributed by atoms with E-state index in [1.54, 1.807) is 0 Å². The lowest BCUT2D eigenvalue weighted by atomic mass is 9.99. The fourth-order valence-corrected chi connectivity index (χ4v) is 3.73. The van der Waals surface area contributed by atoms with E-state index in [9.17, 15) is 0 Å². The Morgan fingerprint density at radius 1 is 1.35 bits per heavy atom. The van der Waals surface area contributed by atoms with E-state index in [-0.39, 0.29) is 0 Å². The van der Waals surface area contributed by atoms with E-state index in [1.165, 1.54) is 24.3 Å². The van der Waals surface area contributed by atoms with Crippen LogP contribution in [0.25, 0.3) is 5.65 Å². The largest absolute Gasteiger partial charge is 0.220 e. The van der Waals surface area contributed by atoms with Gasteiger partial charge in [0.15, 0.2) is 11.5 Å². The molecule has 0 amide bonds. The number of hydrogen-bond donors (Lipinski definition) is 0. The number of hydrogen-bond acceptors (Lipinski definition) is 3. The minimum atomic E-state index is 0.775. The lowest BCUT2D eigenvalue weighted by Crippen LogP contribution is -2.13. The zero-order valence-corrected chi connectivity index (χ0v) is 11.9. The Morgan fingerprint density at radius 2 is 2.18 bits per heavy atom. The molecule has 90 valence electrons. The van der Waals surface area contributed by atoms with E-state index < -0.39 is 0 Å². The quantitative estimate of drug-likeness (QED) is 0.853. The minimum Gasteiger partial charge on any atom is -0.220 e. The second-order valence-corrected chi connectivity index (χ2v) is 6.58. The van der Waals surface area contributed by atoms with Crippen LogP contribution in [0, 0.1) is 5.92 Å². The molecule has 3 heterocycles. The van der Waals surface area contributed by atoms with Crippen molar-refractivity contribution in [2.24, 2.45) is 5.92 Å². The molecule has 0 atom stereocenters. The first kappa shape index (κ1) is 11.5. The maximum Gasteiger partial charge on any atom is 0.155 e. The summed E-state index contributed by atoms with van der Waals surface area (Å²) in [6.45, 7) is 0. The molecule has 0 aliphatic carbocycles. The van der Waals surface area contributed by atoms with Gasteiger partial charge in [-0.15, -0.1) is 0 Å². The van der Waals surface area contributed by atoms with Crippen LogP contribution in [0.5, 0.6) is 0 Å². The molecular weight excluding hydrogens is 298 g/mol. The van der Waals surface area contributed by atoms with Crippen molar-refractivity contribution in [3.8, 4) is 0 Å². The van der Waals surface area contributed by atoms with Gasteiger partial charge >= 0.3 is 0 Å². The van der Waals surface area contributed by atoms with Crippen molar-refractivity contribution >= 4 is 33.3 Å². The van der Waals surface area contributed by atoms with Crippen LogP contribution in [0.1, 0.15) is 18.7 Å². The maximum absolute atomic E-state index is 4.57. The van der Waals surface area contributed by atoms with E-state index >= 15 is 0 Å². The van der Waals surface area contributed by atoms with Crippen LogP contribution < -0.4 is 0 Å². The Hall–Kier alpha value is -0.550. The highest BCUT2D eigenvalue weighted by Crippen LogP contribution is 2.25. The SMILES string of the molecule is Brc1ccc2nc(CC3CCSCC3)nn2c1. The summed E-state index contributed by atoms with van der Waals surface area (Å²) in [5.41, 5.74) is 0.938. The number of thioether (sulfide) groups is 1. The summed E-state index contributed by atoms with van der Waals surface area (Å²) in [5.74, 6) is 4.35. The van der Waals surface area contributed by atoms with Gasteiger partial charge in [0, 0.05) is 17.1 Å². The molecule has 3 nitrogen and oxygen atoms in total. The van der Waals surface area contributed by atoms with Crippen molar-refractivity contribution in [1.29, 1.82) is 0 Å². The summed E-state index contributed by atoms with van der Waals surface area (Å²) >= 11 is 5.51. The molecule has 2 aromatic heterocycles. The third-order valence-electron chi connectivity index (χ3n) is 3.15. The number of aromatic nitrogens is 3. The highest BCUT2D eigenvalue weighted by atomic mass is 79.9. The van der Waals surface area contributed by atoms with E-state index in [4.69, 9.17) is 0 Å². The second kappa shape index (κ2) is 4.98. The third kappa shape index (κ3) is 2.65. The zero-order valence-electron chi connectivity index (χ0n) is 9.47. The van der Waals surface area contributed by atoms with Crippen molar-refractivity contribution < 1.29 is 0 Å². The molecule has 17 heavy (non-hydrogen) atoms. The van der Waals surface area contributed by atoms with Gasteiger partial charge in [0.2, 0.25) is 0 Å². The van der Waals surface area contributed by atoms with Crippen molar-refractivity contribution in [2.75, 3.05) is 11.5 Å². The first-order valence-electron chi connectivity index (χ1n) is 5.90. The van der Waals surface area contributed by atoms with Gasteiger partial charge in [0.05, 0.1) is 0 Å². The third-order valence-corrected chi connectivity index (χ3v) is 4.67. The van der Waals surface area contributed by atoms with Gasteiger partial charge < -0.3 is 0 Å².